The first-order chi connectivity index (χ1) is 29.4. The molecule has 0 saturated heterocycles. The standard InChI is InChI=1S/C56H34O4/c1-25(57)59-55-51-45-23-47(43-21-31-17-39-35-13-5-9-27-7-3-11-33(49(27)35)37(39)15-29(31)19-41(43)45)53(51)56(60-26(2)58)54-48-24-46(52(54)55)42-20-30-16-38-34-12-4-8-28-10-6-14-36(50(28)34)40(38)18-32(30)22-44(42)48/h3-22,45-48H,23-24H2,1-2H3. The molecule has 4 heteroatoms. The van der Waals surface area contributed by atoms with Crippen LogP contribution in [0.2, 0.25) is 0 Å². The van der Waals surface area contributed by atoms with Crippen LogP contribution in [0.5, 0.6) is 11.5 Å². The van der Waals surface area contributed by atoms with E-state index in [2.05, 4.69) is 121 Å². The Labute approximate surface area is 345 Å². The zero-order valence-electron chi connectivity index (χ0n) is 32.9. The van der Waals surface area contributed by atoms with E-state index in [-0.39, 0.29) is 35.6 Å². The Morgan fingerprint density at radius 3 is 0.933 bits per heavy atom. The molecule has 0 radical (unpaired) electrons. The molecule has 9 aromatic rings. The van der Waals surface area contributed by atoms with Gasteiger partial charge in [0.2, 0.25) is 0 Å². The van der Waals surface area contributed by atoms with Gasteiger partial charge >= 0.3 is 11.9 Å². The Kier molecular flexibility index (Phi) is 5.62. The van der Waals surface area contributed by atoms with Crippen molar-refractivity contribution < 1.29 is 19.1 Å². The van der Waals surface area contributed by atoms with E-state index >= 15 is 0 Å². The number of carbonyl (C=O) groups excluding carboxylic acids is 2. The van der Waals surface area contributed by atoms with Gasteiger partial charge in [-0.15, -0.1) is 0 Å². The van der Waals surface area contributed by atoms with Crippen LogP contribution >= 0.6 is 0 Å². The Morgan fingerprint density at radius 1 is 0.383 bits per heavy atom. The highest BCUT2D eigenvalue weighted by molar-refractivity contribution is 6.18. The van der Waals surface area contributed by atoms with Crippen LogP contribution in [0.3, 0.4) is 0 Å². The number of hydrogen-bond acceptors (Lipinski definition) is 4. The van der Waals surface area contributed by atoms with Crippen LogP contribution in [0.25, 0.3) is 87.6 Å². The minimum absolute atomic E-state index is 0.0226. The largest absolute Gasteiger partial charge is 0.426 e. The third-order valence-corrected chi connectivity index (χ3v) is 15.2. The molecule has 15 rings (SSSR count). The number of rotatable bonds is 2. The fraction of sp³-hybridized carbons (Fsp3) is 0.143. The minimum atomic E-state index is -0.323. The van der Waals surface area contributed by atoms with Gasteiger partial charge in [-0.3, -0.25) is 9.59 Å². The van der Waals surface area contributed by atoms with E-state index < -0.39 is 0 Å². The van der Waals surface area contributed by atoms with E-state index in [9.17, 15) is 9.59 Å². The number of hydrogen-bond donors (Lipinski definition) is 0. The molecule has 0 fully saturated rings. The molecule has 6 aliphatic rings. The fourth-order valence-electron chi connectivity index (χ4n) is 13.2. The van der Waals surface area contributed by atoms with Crippen molar-refractivity contribution in [3.8, 4) is 56.0 Å². The summed E-state index contributed by atoms with van der Waals surface area (Å²) < 4.78 is 12.9. The van der Waals surface area contributed by atoms with Crippen molar-refractivity contribution in [1.82, 2.24) is 0 Å². The molecular formula is C56H34O4. The van der Waals surface area contributed by atoms with E-state index in [1.165, 1.54) is 124 Å². The molecule has 0 N–H and O–H groups in total. The van der Waals surface area contributed by atoms with Crippen molar-refractivity contribution in [3.05, 3.63) is 166 Å². The van der Waals surface area contributed by atoms with Crippen molar-refractivity contribution in [2.75, 3.05) is 0 Å². The summed E-state index contributed by atoms with van der Waals surface area (Å²) in [6.45, 7) is 3.03. The Balaban J connectivity index is 0.929. The predicted octanol–water partition coefficient (Wildman–Crippen LogP) is 13.4. The number of carbonyl (C=O) groups is 2. The zero-order valence-corrected chi connectivity index (χ0v) is 32.9. The quantitative estimate of drug-likeness (QED) is 0.130. The monoisotopic (exact) mass is 770 g/mol. The summed E-state index contributed by atoms with van der Waals surface area (Å²) in [5.74, 6) is 0.846. The van der Waals surface area contributed by atoms with E-state index in [1.807, 2.05) is 0 Å². The predicted molar refractivity (Wildman–Crippen MR) is 237 cm³/mol. The first kappa shape index (κ1) is 31.9. The lowest BCUT2D eigenvalue weighted by Gasteiger charge is -2.31. The van der Waals surface area contributed by atoms with Crippen LogP contribution in [-0.4, -0.2) is 11.9 Å². The van der Waals surface area contributed by atoms with E-state index in [1.54, 1.807) is 0 Å². The van der Waals surface area contributed by atoms with Crippen molar-refractivity contribution in [1.29, 1.82) is 0 Å². The lowest BCUT2D eigenvalue weighted by Crippen LogP contribution is -2.18. The maximum absolute atomic E-state index is 13.2. The molecule has 4 bridgehead atoms. The lowest BCUT2D eigenvalue weighted by atomic mass is 9.76. The molecule has 4 atom stereocenters. The minimum Gasteiger partial charge on any atom is -0.426 e. The molecule has 9 aromatic carbocycles. The van der Waals surface area contributed by atoms with Crippen molar-refractivity contribution in [3.63, 3.8) is 0 Å². The second kappa shape index (κ2) is 10.6. The maximum Gasteiger partial charge on any atom is 0.308 e. The molecule has 0 spiro atoms. The first-order valence-electron chi connectivity index (χ1n) is 21.3. The number of ether oxygens (including phenoxy) is 2. The molecule has 60 heavy (non-hydrogen) atoms. The molecule has 0 saturated carbocycles. The fourth-order valence-corrected chi connectivity index (χ4v) is 13.2. The van der Waals surface area contributed by atoms with Crippen LogP contribution in [0.15, 0.2) is 121 Å². The van der Waals surface area contributed by atoms with Gasteiger partial charge < -0.3 is 9.47 Å². The smallest absolute Gasteiger partial charge is 0.308 e. The molecular weight excluding hydrogens is 737 g/mol. The first-order valence-corrected chi connectivity index (χ1v) is 21.3. The van der Waals surface area contributed by atoms with Gasteiger partial charge in [-0.05, 0) is 147 Å². The van der Waals surface area contributed by atoms with Crippen molar-refractivity contribution in [2.45, 2.75) is 50.4 Å². The summed E-state index contributed by atoms with van der Waals surface area (Å²) in [5, 5.41) is 10.0. The highest BCUT2D eigenvalue weighted by Crippen LogP contribution is 2.70. The second-order valence-electron chi connectivity index (χ2n) is 18.1. The van der Waals surface area contributed by atoms with Crippen molar-refractivity contribution >= 4 is 55.0 Å². The molecule has 0 aliphatic heterocycles. The van der Waals surface area contributed by atoms with Crippen molar-refractivity contribution in [2.24, 2.45) is 0 Å². The summed E-state index contributed by atoms with van der Waals surface area (Å²) in [7, 11) is 0. The average Bonchev–Trinajstić information content (AvgIpc) is 4.10. The van der Waals surface area contributed by atoms with E-state index in [4.69, 9.17) is 9.47 Å². The average molecular weight is 771 g/mol. The van der Waals surface area contributed by atoms with E-state index in [0.717, 1.165) is 35.1 Å². The van der Waals surface area contributed by atoms with Gasteiger partial charge in [-0.25, -0.2) is 0 Å². The maximum atomic E-state index is 13.2. The molecule has 6 aliphatic carbocycles. The van der Waals surface area contributed by atoms with Gasteiger partial charge in [0.15, 0.2) is 0 Å². The zero-order chi connectivity index (χ0) is 39.4. The summed E-state index contributed by atoms with van der Waals surface area (Å²) in [5.41, 5.74) is 19.6. The van der Waals surface area contributed by atoms with Crippen LogP contribution in [0.1, 0.15) is 94.9 Å². The summed E-state index contributed by atoms with van der Waals surface area (Å²) in [6.07, 6.45) is 1.72. The summed E-state index contributed by atoms with van der Waals surface area (Å²) in [6, 6.07) is 45.5. The number of esters is 2. The van der Waals surface area contributed by atoms with Crippen LogP contribution in [-0.2, 0) is 9.59 Å². The van der Waals surface area contributed by atoms with Gasteiger partial charge in [0.25, 0.3) is 0 Å². The molecule has 0 heterocycles. The van der Waals surface area contributed by atoms with Crippen LogP contribution < -0.4 is 9.47 Å². The third-order valence-electron chi connectivity index (χ3n) is 15.2. The Morgan fingerprint density at radius 2 is 0.667 bits per heavy atom. The molecule has 0 amide bonds. The molecule has 0 aromatic heterocycles. The van der Waals surface area contributed by atoms with Gasteiger partial charge in [-0.2, -0.15) is 0 Å². The van der Waals surface area contributed by atoms with Gasteiger partial charge in [-0.1, -0.05) is 97.1 Å². The SMILES string of the molecule is CC(=O)Oc1c2c(c(OC(C)=O)c3c1C1CC3c3cc4cc5c(cc4cc31)-c1cccc3cccc-5c13)C1CC2c2cc3cc4c(cc3cc21)-c1cccc2cccc-4c12. The van der Waals surface area contributed by atoms with Gasteiger partial charge in [0, 0.05) is 59.8 Å². The molecule has 282 valence electrons. The topological polar surface area (TPSA) is 52.6 Å². The third kappa shape index (κ3) is 3.72. The highest BCUT2D eigenvalue weighted by atomic mass is 16.5. The molecule has 4 nitrogen and oxygen atoms in total. The Bertz CT molecular complexity index is 3200. The summed E-state index contributed by atoms with van der Waals surface area (Å²) in [4.78, 5) is 26.4. The van der Waals surface area contributed by atoms with Gasteiger partial charge in [0.05, 0.1) is 0 Å². The lowest BCUT2D eigenvalue weighted by molar-refractivity contribution is -0.133. The van der Waals surface area contributed by atoms with Gasteiger partial charge in [0.1, 0.15) is 11.5 Å². The van der Waals surface area contributed by atoms with Crippen LogP contribution in [0, 0.1) is 0 Å². The number of benzene rings is 9. The summed E-state index contributed by atoms with van der Waals surface area (Å²) >= 11 is 0. The van der Waals surface area contributed by atoms with Crippen LogP contribution in [0.4, 0.5) is 0 Å². The number of fused-ring (bicyclic) bond motifs is 24. The Hall–Kier alpha value is -7.04. The normalized spacial score (nSPS) is 19.5. The molecule has 4 unspecified atom stereocenters. The second-order valence-corrected chi connectivity index (χ2v) is 18.1. The van der Waals surface area contributed by atoms with E-state index in [0.29, 0.717) is 11.5 Å². The highest BCUT2D eigenvalue weighted by Gasteiger charge is 2.53.